The van der Waals surface area contributed by atoms with Crippen LogP contribution in [0.2, 0.25) is 0 Å². The lowest BCUT2D eigenvalue weighted by Crippen LogP contribution is -2.29. The summed E-state index contributed by atoms with van der Waals surface area (Å²) in [5.41, 5.74) is 0. The number of hydrogen-bond acceptors (Lipinski definition) is 9. The first-order valence-corrected chi connectivity index (χ1v) is 11.4. The third kappa shape index (κ3) is 12.2. The number of hydrogen-bond donors (Lipinski definition) is 3. The predicted octanol–water partition coefficient (Wildman–Crippen LogP) is 1.76. The number of nitrogens with zero attached hydrogens (tertiary/aromatic N) is 1. The molecule has 8 nitrogen and oxygen atoms in total. The van der Waals surface area contributed by atoms with Crippen LogP contribution in [0.15, 0.2) is 29.4 Å². The van der Waals surface area contributed by atoms with Crippen LogP contribution in [0, 0.1) is 0 Å². The molecular weight excluding hydrogens is 404 g/mol. The second kappa shape index (κ2) is 15.6. The van der Waals surface area contributed by atoms with Gasteiger partial charge in [-0.1, -0.05) is 23.8 Å². The molecule has 1 aromatic rings. The highest BCUT2D eigenvalue weighted by atomic mass is 33.1. The van der Waals surface area contributed by atoms with Gasteiger partial charge in [0.1, 0.15) is 11.6 Å². The standard InChI is InChI=1S/C18H28N2O6S2/c1-2-14(12-21)26-18(24)13-25-17(23)8-5-6-15(22)19-10-11-27-28-16-7-3-4-9-20-16/h3-4,7,9,14,18,21,24H,2,5-6,8,10-13H2,1H3,(H,19,22). The maximum absolute atomic E-state index is 11.7. The number of aliphatic hydroxyl groups excluding tert-OH is 2. The number of rotatable bonds is 15. The Morgan fingerprint density at radius 2 is 2.14 bits per heavy atom. The van der Waals surface area contributed by atoms with Crippen molar-refractivity contribution in [1.82, 2.24) is 10.3 Å². The second-order valence-corrected chi connectivity index (χ2v) is 8.20. The molecule has 0 aliphatic rings. The van der Waals surface area contributed by atoms with Crippen molar-refractivity contribution in [2.75, 3.05) is 25.5 Å². The first-order chi connectivity index (χ1) is 13.5. The van der Waals surface area contributed by atoms with Crippen LogP contribution in [0.3, 0.4) is 0 Å². The Bertz CT molecular complexity index is 560. The minimum atomic E-state index is -1.27. The highest BCUT2D eigenvalue weighted by molar-refractivity contribution is 8.76. The number of amides is 1. The molecule has 3 N–H and O–H groups in total. The minimum absolute atomic E-state index is 0.0849. The second-order valence-electron chi connectivity index (χ2n) is 5.76. The van der Waals surface area contributed by atoms with Gasteiger partial charge in [0.15, 0.2) is 6.29 Å². The molecule has 0 saturated carbocycles. The smallest absolute Gasteiger partial charge is 0.305 e. The fraction of sp³-hybridized carbons (Fsp3) is 0.611. The van der Waals surface area contributed by atoms with Crippen molar-refractivity contribution in [2.45, 2.75) is 50.0 Å². The summed E-state index contributed by atoms with van der Waals surface area (Å²) in [5, 5.41) is 22.3. The van der Waals surface area contributed by atoms with Gasteiger partial charge in [-0.05, 0) is 35.8 Å². The van der Waals surface area contributed by atoms with E-state index in [1.165, 1.54) is 0 Å². The van der Waals surface area contributed by atoms with Crippen LogP contribution >= 0.6 is 21.6 Å². The Balaban J connectivity index is 2.00. The fourth-order valence-electron chi connectivity index (χ4n) is 1.98. The molecular formula is C18H28N2O6S2. The fourth-order valence-corrected chi connectivity index (χ4v) is 3.76. The molecule has 2 atom stereocenters. The Labute approximate surface area is 173 Å². The van der Waals surface area contributed by atoms with Crippen molar-refractivity contribution in [3.8, 4) is 0 Å². The molecule has 0 spiro atoms. The number of ether oxygens (including phenoxy) is 2. The van der Waals surface area contributed by atoms with Gasteiger partial charge in [0, 0.05) is 31.3 Å². The maximum atomic E-state index is 11.7. The van der Waals surface area contributed by atoms with Gasteiger partial charge >= 0.3 is 5.97 Å². The molecule has 1 heterocycles. The summed E-state index contributed by atoms with van der Waals surface area (Å²) >= 11 is 0. The molecule has 1 aromatic heterocycles. The molecule has 0 aliphatic carbocycles. The Kier molecular flexibility index (Phi) is 13.7. The van der Waals surface area contributed by atoms with Gasteiger partial charge in [0.05, 0.1) is 12.7 Å². The van der Waals surface area contributed by atoms with Crippen molar-refractivity contribution in [3.63, 3.8) is 0 Å². The molecule has 10 heteroatoms. The SMILES string of the molecule is CCC(CO)OC(O)COC(=O)CCCC(=O)NCCSSc1ccccn1. The molecule has 1 rings (SSSR count). The summed E-state index contributed by atoms with van der Waals surface area (Å²) in [6, 6.07) is 5.71. The first-order valence-electron chi connectivity index (χ1n) is 9.12. The summed E-state index contributed by atoms with van der Waals surface area (Å²) in [6.45, 7) is 1.84. The maximum Gasteiger partial charge on any atom is 0.305 e. The summed E-state index contributed by atoms with van der Waals surface area (Å²) in [7, 11) is 3.16. The number of esters is 1. The van der Waals surface area contributed by atoms with E-state index in [1.807, 2.05) is 25.1 Å². The molecule has 0 aromatic carbocycles. The molecule has 28 heavy (non-hydrogen) atoms. The van der Waals surface area contributed by atoms with E-state index in [2.05, 4.69) is 10.3 Å². The van der Waals surface area contributed by atoms with E-state index in [9.17, 15) is 14.7 Å². The Hall–Kier alpha value is -1.33. The highest BCUT2D eigenvalue weighted by Gasteiger charge is 2.14. The topological polar surface area (TPSA) is 118 Å². The van der Waals surface area contributed by atoms with Crippen LogP contribution in [-0.2, 0) is 19.1 Å². The number of pyridine rings is 1. The lowest BCUT2D eigenvalue weighted by molar-refractivity contribution is -0.183. The lowest BCUT2D eigenvalue weighted by Gasteiger charge is -2.18. The summed E-state index contributed by atoms with van der Waals surface area (Å²) in [5.74, 6) is 0.127. The Morgan fingerprint density at radius 1 is 1.32 bits per heavy atom. The van der Waals surface area contributed by atoms with Gasteiger partial charge < -0.3 is 25.0 Å². The van der Waals surface area contributed by atoms with E-state index in [4.69, 9.17) is 14.6 Å². The van der Waals surface area contributed by atoms with Gasteiger partial charge in [-0.3, -0.25) is 9.59 Å². The average Bonchev–Trinajstić information content (AvgIpc) is 2.71. The summed E-state index contributed by atoms with van der Waals surface area (Å²) in [6.07, 6.45) is 1.20. The molecule has 158 valence electrons. The van der Waals surface area contributed by atoms with Crippen LogP contribution in [0.1, 0.15) is 32.6 Å². The number of carbonyl (C=O) groups excluding carboxylic acids is 2. The quantitative estimate of drug-likeness (QED) is 0.165. The molecule has 0 bridgehead atoms. The van der Waals surface area contributed by atoms with E-state index in [1.54, 1.807) is 27.8 Å². The number of carbonyl (C=O) groups is 2. The van der Waals surface area contributed by atoms with E-state index in [-0.39, 0.29) is 32.0 Å². The normalized spacial score (nSPS) is 13.0. The zero-order valence-corrected chi connectivity index (χ0v) is 17.5. The van der Waals surface area contributed by atoms with Crippen LogP contribution in [0.4, 0.5) is 0 Å². The third-order valence-corrected chi connectivity index (χ3v) is 5.74. The summed E-state index contributed by atoms with van der Waals surface area (Å²) < 4.78 is 9.98. The van der Waals surface area contributed by atoms with Crippen LogP contribution in [0.25, 0.3) is 0 Å². The van der Waals surface area contributed by atoms with Crippen LogP contribution in [0.5, 0.6) is 0 Å². The molecule has 1 amide bonds. The van der Waals surface area contributed by atoms with Gasteiger partial charge in [-0.15, -0.1) is 0 Å². The molecule has 0 saturated heterocycles. The van der Waals surface area contributed by atoms with Gasteiger partial charge in [0.2, 0.25) is 5.91 Å². The van der Waals surface area contributed by atoms with Crippen LogP contribution in [-0.4, -0.2) is 65.0 Å². The average molecular weight is 433 g/mol. The Morgan fingerprint density at radius 3 is 2.82 bits per heavy atom. The molecule has 0 fully saturated rings. The van der Waals surface area contributed by atoms with Crippen molar-refractivity contribution in [1.29, 1.82) is 0 Å². The van der Waals surface area contributed by atoms with Crippen molar-refractivity contribution in [3.05, 3.63) is 24.4 Å². The third-order valence-electron chi connectivity index (χ3n) is 3.47. The van der Waals surface area contributed by atoms with E-state index >= 15 is 0 Å². The lowest BCUT2D eigenvalue weighted by atomic mass is 10.2. The molecule has 2 unspecified atom stereocenters. The number of aromatic nitrogens is 1. The van der Waals surface area contributed by atoms with Gasteiger partial charge in [-0.2, -0.15) is 0 Å². The van der Waals surface area contributed by atoms with Crippen LogP contribution < -0.4 is 5.32 Å². The number of nitrogens with one attached hydrogen (secondary N) is 1. The highest BCUT2D eigenvalue weighted by Crippen LogP contribution is 2.28. The van der Waals surface area contributed by atoms with Gasteiger partial charge in [-0.25, -0.2) is 4.98 Å². The van der Waals surface area contributed by atoms with Gasteiger partial charge in [0.25, 0.3) is 0 Å². The molecule has 0 aliphatic heterocycles. The monoisotopic (exact) mass is 432 g/mol. The summed E-state index contributed by atoms with van der Waals surface area (Å²) in [4.78, 5) is 27.5. The zero-order valence-electron chi connectivity index (χ0n) is 15.9. The number of aliphatic hydroxyl groups is 2. The largest absolute Gasteiger partial charge is 0.460 e. The van der Waals surface area contributed by atoms with E-state index < -0.39 is 18.4 Å². The van der Waals surface area contributed by atoms with Crippen molar-refractivity contribution in [2.24, 2.45) is 0 Å². The van der Waals surface area contributed by atoms with Crippen molar-refractivity contribution >= 4 is 33.5 Å². The molecule has 0 radical (unpaired) electrons. The zero-order chi connectivity index (χ0) is 20.6. The van der Waals surface area contributed by atoms with E-state index in [0.717, 1.165) is 10.8 Å². The van der Waals surface area contributed by atoms with E-state index in [0.29, 0.717) is 19.4 Å². The first kappa shape index (κ1) is 24.7. The van der Waals surface area contributed by atoms with Crippen molar-refractivity contribution < 1.29 is 29.3 Å². The minimum Gasteiger partial charge on any atom is -0.460 e. The predicted molar refractivity (Wildman–Crippen MR) is 109 cm³/mol.